The van der Waals surface area contributed by atoms with Gasteiger partial charge in [-0.05, 0) is 13.8 Å². The Bertz CT molecular complexity index is 192. The number of carbonyl (C=O) groups excluding carboxylic acids is 1. The van der Waals surface area contributed by atoms with Crippen molar-refractivity contribution in [1.29, 1.82) is 0 Å². The summed E-state index contributed by atoms with van der Waals surface area (Å²) >= 11 is 0. The number of carbonyl (C=O) groups is 1. The Morgan fingerprint density at radius 1 is 1.62 bits per heavy atom. The van der Waals surface area contributed by atoms with Crippen molar-refractivity contribution in [2.45, 2.75) is 25.8 Å². The van der Waals surface area contributed by atoms with E-state index in [0.717, 1.165) is 26.3 Å². The van der Waals surface area contributed by atoms with Crippen LogP contribution in [-0.4, -0.2) is 42.6 Å². The Balaban J connectivity index is 2.41. The second-order valence-electron chi connectivity index (χ2n) is 4.07. The smallest absolute Gasteiger partial charge is 0.218 e. The van der Waals surface area contributed by atoms with E-state index in [1.54, 1.807) is 0 Å². The zero-order valence-electron chi connectivity index (χ0n) is 8.38. The number of ether oxygens (including phenoxy) is 1. The first-order valence-electron chi connectivity index (χ1n) is 4.63. The normalized spacial score (nSPS) is 22.9. The number of nitrogens with zero attached hydrogens (tertiary/aromatic N) is 1. The van der Waals surface area contributed by atoms with Gasteiger partial charge in [-0.3, -0.25) is 9.69 Å². The number of amides is 1. The Labute approximate surface area is 79.0 Å². The van der Waals surface area contributed by atoms with Crippen molar-refractivity contribution in [1.82, 2.24) is 4.90 Å². The SMILES string of the molecule is CC1(C)COCCN1CCC(N)=O. The van der Waals surface area contributed by atoms with Crippen LogP contribution in [0.2, 0.25) is 0 Å². The number of rotatable bonds is 3. The van der Waals surface area contributed by atoms with E-state index in [1.165, 1.54) is 0 Å². The highest BCUT2D eigenvalue weighted by atomic mass is 16.5. The summed E-state index contributed by atoms with van der Waals surface area (Å²) in [4.78, 5) is 12.9. The fraction of sp³-hybridized carbons (Fsp3) is 0.889. The summed E-state index contributed by atoms with van der Waals surface area (Å²) in [5, 5.41) is 0. The van der Waals surface area contributed by atoms with Crippen LogP contribution in [-0.2, 0) is 9.53 Å². The number of nitrogens with two attached hydrogens (primary N) is 1. The van der Waals surface area contributed by atoms with Gasteiger partial charge in [0.25, 0.3) is 0 Å². The maximum Gasteiger partial charge on any atom is 0.218 e. The lowest BCUT2D eigenvalue weighted by molar-refractivity contribution is -0.119. The summed E-state index contributed by atoms with van der Waals surface area (Å²) in [6.07, 6.45) is 0.434. The third-order valence-electron chi connectivity index (χ3n) is 2.45. The Kier molecular flexibility index (Phi) is 3.27. The van der Waals surface area contributed by atoms with Gasteiger partial charge in [-0.15, -0.1) is 0 Å². The molecule has 1 saturated heterocycles. The Morgan fingerprint density at radius 2 is 2.31 bits per heavy atom. The molecule has 0 saturated carbocycles. The van der Waals surface area contributed by atoms with Gasteiger partial charge in [-0.25, -0.2) is 0 Å². The first-order valence-corrected chi connectivity index (χ1v) is 4.63. The lowest BCUT2D eigenvalue weighted by atomic mass is 10.0. The summed E-state index contributed by atoms with van der Waals surface area (Å²) in [5.74, 6) is -0.234. The molecule has 0 spiro atoms. The standard InChI is InChI=1S/C9H18N2O2/c1-9(2)7-13-6-5-11(9)4-3-8(10)12/h3-7H2,1-2H3,(H2,10,12). The minimum absolute atomic E-state index is 0.0354. The van der Waals surface area contributed by atoms with Crippen LogP contribution in [0, 0.1) is 0 Å². The molecule has 0 bridgehead atoms. The van der Waals surface area contributed by atoms with Crippen molar-refractivity contribution < 1.29 is 9.53 Å². The highest BCUT2D eigenvalue weighted by molar-refractivity contribution is 5.73. The molecule has 13 heavy (non-hydrogen) atoms. The van der Waals surface area contributed by atoms with Gasteiger partial charge < -0.3 is 10.5 Å². The largest absolute Gasteiger partial charge is 0.378 e. The number of hydrogen-bond acceptors (Lipinski definition) is 3. The van der Waals surface area contributed by atoms with Crippen molar-refractivity contribution >= 4 is 5.91 Å². The molecule has 1 heterocycles. The molecule has 1 rings (SSSR count). The molecule has 0 aromatic carbocycles. The fourth-order valence-corrected chi connectivity index (χ4v) is 1.55. The Hall–Kier alpha value is -0.610. The number of primary amides is 1. The fourth-order valence-electron chi connectivity index (χ4n) is 1.55. The van der Waals surface area contributed by atoms with E-state index in [2.05, 4.69) is 18.7 Å². The second-order valence-corrected chi connectivity index (χ2v) is 4.07. The Morgan fingerprint density at radius 3 is 2.85 bits per heavy atom. The minimum atomic E-state index is -0.234. The maximum absolute atomic E-state index is 10.6. The van der Waals surface area contributed by atoms with Gasteiger partial charge in [0.1, 0.15) is 0 Å². The van der Waals surface area contributed by atoms with Crippen LogP contribution in [0.3, 0.4) is 0 Å². The number of hydrogen-bond donors (Lipinski definition) is 1. The molecule has 0 unspecified atom stereocenters. The molecule has 76 valence electrons. The second kappa shape index (κ2) is 4.07. The molecule has 4 nitrogen and oxygen atoms in total. The summed E-state index contributed by atoms with van der Waals surface area (Å²) < 4.78 is 5.36. The first kappa shape index (κ1) is 10.5. The summed E-state index contributed by atoms with van der Waals surface area (Å²) in [7, 11) is 0. The number of morpholine rings is 1. The van der Waals surface area contributed by atoms with E-state index >= 15 is 0 Å². The van der Waals surface area contributed by atoms with E-state index in [9.17, 15) is 4.79 Å². The molecule has 0 aromatic rings. The maximum atomic E-state index is 10.6. The van der Waals surface area contributed by atoms with E-state index in [1.807, 2.05) is 0 Å². The van der Waals surface area contributed by atoms with Crippen LogP contribution in [0.5, 0.6) is 0 Å². The summed E-state index contributed by atoms with van der Waals surface area (Å²) in [5.41, 5.74) is 5.14. The van der Waals surface area contributed by atoms with Gasteiger partial charge >= 0.3 is 0 Å². The summed E-state index contributed by atoms with van der Waals surface area (Å²) in [6, 6.07) is 0. The first-order chi connectivity index (χ1) is 6.02. The average Bonchev–Trinajstić information content (AvgIpc) is 2.01. The molecule has 0 radical (unpaired) electrons. The monoisotopic (exact) mass is 186 g/mol. The molecule has 1 aliphatic rings. The van der Waals surface area contributed by atoms with Gasteiger partial charge in [0.15, 0.2) is 0 Å². The third kappa shape index (κ3) is 2.97. The quantitative estimate of drug-likeness (QED) is 0.673. The topological polar surface area (TPSA) is 55.6 Å². The highest BCUT2D eigenvalue weighted by Crippen LogP contribution is 2.18. The lowest BCUT2D eigenvalue weighted by Gasteiger charge is -2.41. The zero-order chi connectivity index (χ0) is 9.90. The molecular formula is C9H18N2O2. The van der Waals surface area contributed by atoms with Gasteiger partial charge in [0, 0.05) is 25.0 Å². The summed E-state index contributed by atoms with van der Waals surface area (Å²) in [6.45, 7) is 7.35. The van der Waals surface area contributed by atoms with Crippen molar-refractivity contribution in [2.75, 3.05) is 26.3 Å². The predicted octanol–water partition coefficient (Wildman–Crippen LogP) is -0.0274. The molecule has 0 aromatic heterocycles. The third-order valence-corrected chi connectivity index (χ3v) is 2.45. The molecule has 1 amide bonds. The molecule has 0 atom stereocenters. The predicted molar refractivity (Wildman–Crippen MR) is 50.3 cm³/mol. The van der Waals surface area contributed by atoms with E-state index < -0.39 is 0 Å². The van der Waals surface area contributed by atoms with E-state index in [4.69, 9.17) is 10.5 Å². The van der Waals surface area contributed by atoms with Crippen LogP contribution < -0.4 is 5.73 Å². The highest BCUT2D eigenvalue weighted by Gasteiger charge is 2.29. The van der Waals surface area contributed by atoms with Crippen LogP contribution >= 0.6 is 0 Å². The van der Waals surface area contributed by atoms with Crippen molar-refractivity contribution in [2.24, 2.45) is 5.73 Å². The molecule has 1 fully saturated rings. The molecule has 2 N–H and O–H groups in total. The van der Waals surface area contributed by atoms with Crippen LogP contribution in [0.25, 0.3) is 0 Å². The van der Waals surface area contributed by atoms with Crippen molar-refractivity contribution in [3.63, 3.8) is 0 Å². The van der Waals surface area contributed by atoms with Crippen molar-refractivity contribution in [3.05, 3.63) is 0 Å². The van der Waals surface area contributed by atoms with E-state index in [0.29, 0.717) is 6.42 Å². The van der Waals surface area contributed by atoms with Gasteiger partial charge in [0.05, 0.1) is 13.2 Å². The zero-order valence-corrected chi connectivity index (χ0v) is 8.38. The van der Waals surface area contributed by atoms with Crippen LogP contribution in [0.1, 0.15) is 20.3 Å². The molecular weight excluding hydrogens is 168 g/mol. The lowest BCUT2D eigenvalue weighted by Crippen LogP contribution is -2.53. The van der Waals surface area contributed by atoms with Gasteiger partial charge in [-0.1, -0.05) is 0 Å². The van der Waals surface area contributed by atoms with Crippen LogP contribution in [0.4, 0.5) is 0 Å². The molecule has 4 heteroatoms. The van der Waals surface area contributed by atoms with Crippen LogP contribution in [0.15, 0.2) is 0 Å². The van der Waals surface area contributed by atoms with Gasteiger partial charge in [-0.2, -0.15) is 0 Å². The van der Waals surface area contributed by atoms with E-state index in [-0.39, 0.29) is 11.4 Å². The van der Waals surface area contributed by atoms with Gasteiger partial charge in [0.2, 0.25) is 5.91 Å². The minimum Gasteiger partial charge on any atom is -0.378 e. The molecule has 1 aliphatic heterocycles. The average molecular weight is 186 g/mol. The van der Waals surface area contributed by atoms with Crippen molar-refractivity contribution in [3.8, 4) is 0 Å². The molecule has 0 aliphatic carbocycles.